The Kier molecular flexibility index (Phi) is 3.33. The number of hydrogen-bond donors (Lipinski definition) is 0. The largest absolute Gasteiger partial charge is 0.497 e. The maximum Gasteiger partial charge on any atom is 0.229 e. The average Bonchev–Trinajstić information content (AvgIpc) is 2.55. The lowest BCUT2D eigenvalue weighted by Gasteiger charge is -2.18. The lowest BCUT2D eigenvalue weighted by molar-refractivity contribution is 0.0918. The molecule has 0 unspecified atom stereocenters. The van der Waals surface area contributed by atoms with E-state index >= 15 is 0 Å². The van der Waals surface area contributed by atoms with Crippen molar-refractivity contribution in [3.63, 3.8) is 0 Å². The van der Waals surface area contributed by atoms with Crippen molar-refractivity contribution >= 4 is 22.3 Å². The molecule has 0 saturated heterocycles. The molecule has 0 fully saturated rings. The van der Waals surface area contributed by atoms with Crippen LogP contribution in [0.3, 0.4) is 0 Å². The Morgan fingerprint density at radius 1 is 0.909 bits per heavy atom. The van der Waals surface area contributed by atoms with Gasteiger partial charge in [-0.1, -0.05) is 6.07 Å². The number of carbonyl (C=O) groups is 2. The normalized spacial score (nSPS) is 13.7. The Bertz CT molecular complexity index is 833. The van der Waals surface area contributed by atoms with E-state index in [1.165, 1.54) is 20.3 Å². The van der Waals surface area contributed by atoms with Gasteiger partial charge in [0.05, 0.1) is 21.3 Å². The molecule has 5 heteroatoms. The quantitative estimate of drug-likeness (QED) is 0.872. The second kappa shape index (κ2) is 5.18. The Balaban J connectivity index is 2.40. The molecule has 0 amide bonds. The summed E-state index contributed by atoms with van der Waals surface area (Å²) in [5.41, 5.74) is 0.656. The van der Waals surface area contributed by atoms with Gasteiger partial charge >= 0.3 is 0 Å². The van der Waals surface area contributed by atoms with Crippen LogP contribution in [0.4, 0.5) is 0 Å². The van der Waals surface area contributed by atoms with Crippen molar-refractivity contribution < 1.29 is 23.8 Å². The van der Waals surface area contributed by atoms with Crippen LogP contribution in [0.5, 0.6) is 11.5 Å². The predicted octanol–water partition coefficient (Wildman–Crippen LogP) is 2.77. The summed E-state index contributed by atoms with van der Waals surface area (Å²) >= 11 is 0. The van der Waals surface area contributed by atoms with Crippen LogP contribution in [0.2, 0.25) is 0 Å². The molecular weight excluding hydrogens is 284 g/mol. The van der Waals surface area contributed by atoms with E-state index in [2.05, 4.69) is 0 Å². The number of allylic oxidation sites excluding steroid dienone is 2. The van der Waals surface area contributed by atoms with Crippen LogP contribution in [0.25, 0.3) is 10.8 Å². The third kappa shape index (κ3) is 1.94. The minimum Gasteiger partial charge on any atom is -0.497 e. The van der Waals surface area contributed by atoms with Gasteiger partial charge in [-0.15, -0.1) is 0 Å². The second-order valence-electron chi connectivity index (χ2n) is 4.82. The van der Waals surface area contributed by atoms with E-state index in [4.69, 9.17) is 14.2 Å². The molecule has 1 aliphatic rings. The van der Waals surface area contributed by atoms with Gasteiger partial charge in [0.25, 0.3) is 0 Å². The Morgan fingerprint density at radius 3 is 2.32 bits per heavy atom. The fourth-order valence-electron chi connectivity index (χ4n) is 2.66. The number of benzene rings is 2. The van der Waals surface area contributed by atoms with Crippen molar-refractivity contribution in [3.05, 3.63) is 47.2 Å². The third-order valence-corrected chi connectivity index (χ3v) is 3.71. The first-order chi connectivity index (χ1) is 10.6. The van der Waals surface area contributed by atoms with E-state index in [0.29, 0.717) is 28.0 Å². The van der Waals surface area contributed by atoms with E-state index in [-0.39, 0.29) is 17.3 Å². The Hall–Kier alpha value is -2.82. The van der Waals surface area contributed by atoms with Gasteiger partial charge in [-0.05, 0) is 17.5 Å². The van der Waals surface area contributed by atoms with Gasteiger partial charge in [0.1, 0.15) is 11.5 Å². The predicted molar refractivity (Wildman–Crippen MR) is 80.8 cm³/mol. The van der Waals surface area contributed by atoms with Gasteiger partial charge < -0.3 is 14.2 Å². The summed E-state index contributed by atoms with van der Waals surface area (Å²) in [5, 5.41) is 1.34. The number of hydrogen-bond acceptors (Lipinski definition) is 5. The zero-order chi connectivity index (χ0) is 15.9. The van der Waals surface area contributed by atoms with E-state index in [9.17, 15) is 9.59 Å². The number of methoxy groups -OCH3 is 3. The highest BCUT2D eigenvalue weighted by Crippen LogP contribution is 2.37. The van der Waals surface area contributed by atoms with Gasteiger partial charge in [0.15, 0.2) is 11.5 Å². The number of Topliss-reactive ketones (excluding diaryl/α,β-unsaturated/α-hetero) is 1. The van der Waals surface area contributed by atoms with Crippen molar-refractivity contribution in [2.24, 2.45) is 0 Å². The molecule has 0 aromatic heterocycles. The number of fused-ring (bicyclic) bond motifs is 3. The minimum absolute atomic E-state index is 0.0304. The monoisotopic (exact) mass is 298 g/mol. The number of carbonyl (C=O) groups excluding carboxylic acids is 2. The topological polar surface area (TPSA) is 61.8 Å². The van der Waals surface area contributed by atoms with E-state index in [1.54, 1.807) is 31.4 Å². The SMILES string of the molecule is COC1=CC(=O)c2ccc3cc(OC)cc(OC)c3c2C1=O. The molecule has 0 atom stereocenters. The van der Waals surface area contributed by atoms with Crippen LogP contribution in [-0.4, -0.2) is 32.9 Å². The lowest BCUT2D eigenvalue weighted by atomic mass is 9.88. The summed E-state index contributed by atoms with van der Waals surface area (Å²) in [6.45, 7) is 0. The molecular formula is C17H14O5. The molecule has 0 spiro atoms. The van der Waals surface area contributed by atoms with Crippen LogP contribution < -0.4 is 9.47 Å². The van der Waals surface area contributed by atoms with Crippen molar-refractivity contribution in [2.45, 2.75) is 0 Å². The first-order valence-electron chi connectivity index (χ1n) is 6.64. The first kappa shape index (κ1) is 14.1. The van der Waals surface area contributed by atoms with Crippen LogP contribution in [0, 0.1) is 0 Å². The summed E-state index contributed by atoms with van der Waals surface area (Å²) < 4.78 is 15.6. The van der Waals surface area contributed by atoms with Gasteiger partial charge in [-0.25, -0.2) is 0 Å². The molecule has 112 valence electrons. The maximum atomic E-state index is 12.6. The molecule has 22 heavy (non-hydrogen) atoms. The summed E-state index contributed by atoms with van der Waals surface area (Å²) in [6.07, 6.45) is 1.21. The van der Waals surface area contributed by atoms with Gasteiger partial charge in [-0.2, -0.15) is 0 Å². The standard InChI is InChI=1S/C17H14O5/c1-20-10-6-9-4-5-11-12(18)8-14(22-3)17(19)16(11)15(9)13(7-10)21-2/h4-8H,1-3H3. The van der Waals surface area contributed by atoms with Crippen molar-refractivity contribution in [3.8, 4) is 11.5 Å². The number of rotatable bonds is 3. The zero-order valence-electron chi connectivity index (χ0n) is 12.4. The molecule has 5 nitrogen and oxygen atoms in total. The van der Waals surface area contributed by atoms with Crippen molar-refractivity contribution in [1.82, 2.24) is 0 Å². The molecule has 0 saturated carbocycles. The first-order valence-corrected chi connectivity index (χ1v) is 6.64. The fourth-order valence-corrected chi connectivity index (χ4v) is 2.66. The molecule has 2 aromatic carbocycles. The average molecular weight is 298 g/mol. The van der Waals surface area contributed by atoms with Gasteiger partial charge in [-0.3, -0.25) is 9.59 Å². The van der Waals surface area contributed by atoms with E-state index in [0.717, 1.165) is 5.39 Å². The van der Waals surface area contributed by atoms with Gasteiger partial charge in [0, 0.05) is 28.7 Å². The molecule has 1 aliphatic carbocycles. The molecule has 3 rings (SSSR count). The molecule has 0 N–H and O–H groups in total. The number of ketones is 2. The second-order valence-corrected chi connectivity index (χ2v) is 4.82. The van der Waals surface area contributed by atoms with E-state index < -0.39 is 0 Å². The zero-order valence-corrected chi connectivity index (χ0v) is 12.4. The maximum absolute atomic E-state index is 12.6. The summed E-state index contributed by atoms with van der Waals surface area (Å²) in [4.78, 5) is 24.8. The van der Waals surface area contributed by atoms with Crippen molar-refractivity contribution in [1.29, 1.82) is 0 Å². The van der Waals surface area contributed by atoms with E-state index in [1.807, 2.05) is 0 Å². The summed E-state index contributed by atoms with van der Waals surface area (Å²) in [6, 6.07) is 6.89. The van der Waals surface area contributed by atoms with Crippen LogP contribution >= 0.6 is 0 Å². The molecule has 2 aromatic rings. The van der Waals surface area contributed by atoms with Crippen LogP contribution in [0.15, 0.2) is 36.1 Å². The van der Waals surface area contributed by atoms with Crippen LogP contribution in [-0.2, 0) is 4.74 Å². The minimum atomic E-state index is -0.328. The van der Waals surface area contributed by atoms with Gasteiger partial charge in [0.2, 0.25) is 5.78 Å². The summed E-state index contributed by atoms with van der Waals surface area (Å²) in [5.74, 6) is 0.534. The molecule has 0 heterocycles. The molecule has 0 bridgehead atoms. The number of ether oxygens (including phenoxy) is 3. The van der Waals surface area contributed by atoms with Crippen molar-refractivity contribution in [2.75, 3.05) is 21.3 Å². The Labute approximate surface area is 127 Å². The highest BCUT2D eigenvalue weighted by atomic mass is 16.5. The third-order valence-electron chi connectivity index (χ3n) is 3.71. The lowest BCUT2D eigenvalue weighted by Crippen LogP contribution is -2.18. The summed E-state index contributed by atoms with van der Waals surface area (Å²) in [7, 11) is 4.43. The van der Waals surface area contributed by atoms with Crippen LogP contribution in [0.1, 0.15) is 20.7 Å². The smallest absolute Gasteiger partial charge is 0.229 e. The highest BCUT2D eigenvalue weighted by molar-refractivity contribution is 6.29. The molecule has 0 radical (unpaired) electrons. The highest BCUT2D eigenvalue weighted by Gasteiger charge is 2.29. The Morgan fingerprint density at radius 2 is 1.68 bits per heavy atom. The fraction of sp³-hybridized carbons (Fsp3) is 0.176. The molecule has 0 aliphatic heterocycles.